The van der Waals surface area contributed by atoms with Crippen molar-refractivity contribution in [1.29, 1.82) is 0 Å². The molecule has 3 rings (SSSR count). The van der Waals surface area contributed by atoms with Crippen LogP contribution in [0.15, 0.2) is 17.2 Å². The highest BCUT2D eigenvalue weighted by atomic mass is 32.2. The summed E-state index contributed by atoms with van der Waals surface area (Å²) >= 11 is 0. The van der Waals surface area contributed by atoms with Gasteiger partial charge in [0.1, 0.15) is 11.5 Å². The highest BCUT2D eigenvalue weighted by Crippen LogP contribution is 2.38. The minimum absolute atomic E-state index is 0.0495. The molecule has 1 atom stereocenters. The number of ether oxygens (including phenoxy) is 1. The SMILES string of the molecule is CC(F)(F)C1CCc2c(S(=O)(=O)Nc3nc(F)c(OCC(F)F)cc3F)c[nH]c2C1. The molecule has 0 saturated heterocycles. The Morgan fingerprint density at radius 1 is 1.37 bits per heavy atom. The lowest BCUT2D eigenvalue weighted by Gasteiger charge is -2.27. The van der Waals surface area contributed by atoms with Crippen LogP contribution >= 0.6 is 0 Å². The molecular weight excluding hydrogens is 440 g/mol. The predicted octanol–water partition coefficient (Wildman–Crippen LogP) is 3.89. The molecule has 1 aliphatic carbocycles. The van der Waals surface area contributed by atoms with E-state index >= 15 is 0 Å². The van der Waals surface area contributed by atoms with E-state index in [0.717, 1.165) is 13.1 Å². The smallest absolute Gasteiger partial charge is 0.272 e. The number of rotatable bonds is 7. The maximum Gasteiger partial charge on any atom is 0.272 e. The lowest BCUT2D eigenvalue weighted by molar-refractivity contribution is -0.0448. The first-order valence-electron chi connectivity index (χ1n) is 8.75. The summed E-state index contributed by atoms with van der Waals surface area (Å²) in [6.45, 7) is -0.404. The Hall–Kier alpha value is -2.44. The largest absolute Gasteiger partial charge is 0.483 e. The van der Waals surface area contributed by atoms with Gasteiger partial charge in [-0.1, -0.05) is 0 Å². The van der Waals surface area contributed by atoms with E-state index in [4.69, 9.17) is 0 Å². The number of hydrogen-bond acceptors (Lipinski definition) is 4. The van der Waals surface area contributed by atoms with Crippen LogP contribution in [0.25, 0.3) is 0 Å². The summed E-state index contributed by atoms with van der Waals surface area (Å²) in [5.74, 6) is -8.62. The Morgan fingerprint density at radius 2 is 2.07 bits per heavy atom. The summed E-state index contributed by atoms with van der Waals surface area (Å²) in [6.07, 6.45) is -1.82. The van der Waals surface area contributed by atoms with Crippen LogP contribution in [-0.4, -0.2) is 37.3 Å². The van der Waals surface area contributed by atoms with Crippen molar-refractivity contribution in [3.05, 3.63) is 35.3 Å². The highest BCUT2D eigenvalue weighted by molar-refractivity contribution is 7.92. The second-order valence-corrected chi connectivity index (χ2v) is 8.57. The first-order chi connectivity index (χ1) is 13.9. The zero-order valence-corrected chi connectivity index (χ0v) is 16.3. The molecule has 2 aromatic heterocycles. The number of fused-ring (bicyclic) bond motifs is 1. The summed E-state index contributed by atoms with van der Waals surface area (Å²) in [5.41, 5.74) is 0.601. The number of alkyl halides is 4. The van der Waals surface area contributed by atoms with Crippen LogP contribution in [0.2, 0.25) is 0 Å². The number of H-pyrrole nitrogens is 1. The summed E-state index contributed by atoms with van der Waals surface area (Å²) in [6, 6.07) is 0.392. The second kappa shape index (κ2) is 8.00. The number of aromatic amines is 1. The van der Waals surface area contributed by atoms with E-state index in [1.165, 1.54) is 0 Å². The number of nitrogens with one attached hydrogen (secondary N) is 2. The maximum atomic E-state index is 14.1. The Labute approximate surface area is 167 Å². The normalized spacial score (nSPS) is 17.1. The molecule has 0 spiro atoms. The van der Waals surface area contributed by atoms with Gasteiger partial charge >= 0.3 is 0 Å². The van der Waals surface area contributed by atoms with E-state index in [1.807, 2.05) is 0 Å². The Bertz CT molecular complexity index is 1040. The molecule has 1 aliphatic rings. The molecule has 0 fully saturated rings. The van der Waals surface area contributed by atoms with Crippen molar-refractivity contribution in [3.8, 4) is 5.75 Å². The molecule has 0 aliphatic heterocycles. The van der Waals surface area contributed by atoms with Crippen LogP contribution in [0.4, 0.5) is 32.2 Å². The molecule has 2 aromatic rings. The molecule has 13 heteroatoms. The lowest BCUT2D eigenvalue weighted by atomic mass is 9.84. The maximum absolute atomic E-state index is 14.1. The van der Waals surface area contributed by atoms with Crippen molar-refractivity contribution >= 4 is 15.8 Å². The van der Waals surface area contributed by atoms with Crippen molar-refractivity contribution in [1.82, 2.24) is 9.97 Å². The fourth-order valence-corrected chi connectivity index (χ4v) is 4.50. The average Bonchev–Trinajstić information content (AvgIpc) is 3.06. The van der Waals surface area contributed by atoms with E-state index in [2.05, 4.69) is 14.7 Å². The quantitative estimate of drug-likeness (QED) is 0.488. The molecule has 166 valence electrons. The molecule has 2 heterocycles. The van der Waals surface area contributed by atoms with Gasteiger partial charge in [0.2, 0.25) is 5.92 Å². The number of pyridine rings is 1. The van der Waals surface area contributed by atoms with Gasteiger partial charge in [-0.2, -0.15) is 9.37 Å². The van der Waals surface area contributed by atoms with Gasteiger partial charge < -0.3 is 9.72 Å². The van der Waals surface area contributed by atoms with Gasteiger partial charge in [0.25, 0.3) is 22.4 Å². The van der Waals surface area contributed by atoms with E-state index in [1.54, 1.807) is 4.72 Å². The minimum atomic E-state index is -4.44. The fourth-order valence-electron chi connectivity index (χ4n) is 3.23. The predicted molar refractivity (Wildman–Crippen MR) is 93.4 cm³/mol. The molecule has 30 heavy (non-hydrogen) atoms. The minimum Gasteiger partial charge on any atom is -0.483 e. The number of aromatic nitrogens is 2. The molecule has 6 nitrogen and oxygen atoms in total. The Kier molecular flexibility index (Phi) is 5.94. The molecule has 0 radical (unpaired) electrons. The van der Waals surface area contributed by atoms with Crippen molar-refractivity contribution in [3.63, 3.8) is 0 Å². The number of hydrogen-bond donors (Lipinski definition) is 2. The van der Waals surface area contributed by atoms with Crippen LogP contribution in [0.3, 0.4) is 0 Å². The van der Waals surface area contributed by atoms with Crippen LogP contribution in [0.5, 0.6) is 5.75 Å². The summed E-state index contributed by atoms with van der Waals surface area (Å²) in [4.78, 5) is 5.45. The Morgan fingerprint density at radius 3 is 2.70 bits per heavy atom. The van der Waals surface area contributed by atoms with Crippen molar-refractivity contribution in [2.45, 2.75) is 43.4 Å². The Balaban J connectivity index is 1.83. The van der Waals surface area contributed by atoms with Crippen LogP contribution in [-0.2, 0) is 22.9 Å². The summed E-state index contributed by atoms with van der Waals surface area (Å²) < 4.78 is 111. The van der Waals surface area contributed by atoms with Gasteiger partial charge in [-0.3, -0.25) is 4.72 Å². The zero-order valence-electron chi connectivity index (χ0n) is 15.5. The third-order valence-electron chi connectivity index (χ3n) is 4.73. The fraction of sp³-hybridized carbons (Fsp3) is 0.471. The second-order valence-electron chi connectivity index (χ2n) is 6.92. The molecule has 0 amide bonds. The van der Waals surface area contributed by atoms with E-state index in [0.29, 0.717) is 11.8 Å². The monoisotopic (exact) mass is 457 g/mol. The molecule has 2 N–H and O–H groups in total. The molecule has 0 saturated carbocycles. The summed E-state index contributed by atoms with van der Waals surface area (Å²) in [5, 5.41) is 0. The van der Waals surface area contributed by atoms with E-state index < -0.39 is 58.2 Å². The van der Waals surface area contributed by atoms with Gasteiger partial charge in [0.05, 0.1) is 0 Å². The topological polar surface area (TPSA) is 84.1 Å². The average molecular weight is 457 g/mol. The number of anilines is 1. The van der Waals surface area contributed by atoms with Crippen molar-refractivity contribution in [2.75, 3.05) is 11.3 Å². The molecule has 0 bridgehead atoms. The molecular formula is C17H17F6N3O3S. The van der Waals surface area contributed by atoms with Gasteiger partial charge in [-0.25, -0.2) is 30.4 Å². The van der Waals surface area contributed by atoms with E-state index in [9.17, 15) is 34.8 Å². The summed E-state index contributed by atoms with van der Waals surface area (Å²) in [7, 11) is -4.44. The molecule has 0 aromatic carbocycles. The molecule has 1 unspecified atom stereocenters. The third-order valence-corrected chi connectivity index (χ3v) is 6.14. The number of sulfonamides is 1. The van der Waals surface area contributed by atoms with Gasteiger partial charge in [0, 0.05) is 23.9 Å². The van der Waals surface area contributed by atoms with Crippen molar-refractivity contribution < 1.29 is 39.5 Å². The highest BCUT2D eigenvalue weighted by Gasteiger charge is 2.38. The number of halogens is 6. The lowest BCUT2D eigenvalue weighted by Crippen LogP contribution is -2.30. The third kappa shape index (κ3) is 4.65. The van der Waals surface area contributed by atoms with Crippen LogP contribution in [0.1, 0.15) is 24.6 Å². The zero-order chi connectivity index (χ0) is 22.3. The first-order valence-corrected chi connectivity index (χ1v) is 10.2. The number of nitrogens with zero attached hydrogens (tertiary/aromatic N) is 1. The van der Waals surface area contributed by atoms with Gasteiger partial charge in [0.15, 0.2) is 17.4 Å². The van der Waals surface area contributed by atoms with Crippen molar-refractivity contribution in [2.24, 2.45) is 5.92 Å². The van der Waals surface area contributed by atoms with Gasteiger partial charge in [-0.05, 0) is 31.7 Å². The standard InChI is InChI=1S/C17H17F6N3O3S/c1-17(22,23)8-2-3-9-11(4-8)24-6-13(9)30(27,28)26-16-10(18)5-12(15(21)25-16)29-7-14(19)20/h5-6,8,14,24H,2-4,7H2,1H3,(H,25,26). The van der Waals surface area contributed by atoms with Gasteiger partial charge in [-0.15, -0.1) is 0 Å². The van der Waals surface area contributed by atoms with Crippen LogP contribution < -0.4 is 9.46 Å². The van der Waals surface area contributed by atoms with E-state index in [-0.39, 0.29) is 29.7 Å². The first kappa shape index (κ1) is 22.2. The van der Waals surface area contributed by atoms with Crippen LogP contribution in [0, 0.1) is 17.7 Å².